The molecule has 4 aromatic rings. The first-order chi connectivity index (χ1) is 13.6. The molecule has 1 heterocycles. The highest BCUT2D eigenvalue weighted by Crippen LogP contribution is 2.27. The van der Waals surface area contributed by atoms with E-state index in [9.17, 15) is 9.90 Å². The quantitative estimate of drug-likeness (QED) is 0.505. The number of fused-ring (bicyclic) bond motifs is 1. The maximum Gasteiger partial charge on any atom is 0.237 e. The number of phenols is 1. The van der Waals surface area contributed by atoms with Crippen LogP contribution in [0.15, 0.2) is 71.9 Å². The van der Waals surface area contributed by atoms with E-state index in [1.165, 1.54) is 16.4 Å². The molecule has 1 amide bonds. The van der Waals surface area contributed by atoms with Crippen molar-refractivity contribution in [2.24, 2.45) is 0 Å². The van der Waals surface area contributed by atoms with Crippen LogP contribution in [0.25, 0.3) is 16.5 Å². The van der Waals surface area contributed by atoms with Gasteiger partial charge in [-0.1, -0.05) is 48.2 Å². The van der Waals surface area contributed by atoms with Crippen molar-refractivity contribution in [3.05, 3.63) is 66.7 Å². The number of aromatic hydroxyl groups is 1. The van der Waals surface area contributed by atoms with Gasteiger partial charge in [0.05, 0.1) is 10.9 Å². The fraction of sp³-hybridized carbons (Fsp3) is 0.100. The van der Waals surface area contributed by atoms with Crippen LogP contribution in [0, 0.1) is 0 Å². The topological polar surface area (TPSA) is 92.9 Å². The van der Waals surface area contributed by atoms with Crippen LogP contribution in [0.2, 0.25) is 0 Å². The molecule has 1 atom stereocenters. The van der Waals surface area contributed by atoms with Crippen LogP contribution in [0.4, 0.5) is 5.69 Å². The third kappa shape index (κ3) is 3.67. The smallest absolute Gasteiger partial charge is 0.237 e. The van der Waals surface area contributed by atoms with Gasteiger partial charge in [0.2, 0.25) is 11.1 Å². The van der Waals surface area contributed by atoms with Crippen LogP contribution in [-0.4, -0.2) is 36.5 Å². The van der Waals surface area contributed by atoms with Crippen LogP contribution in [0.1, 0.15) is 6.92 Å². The van der Waals surface area contributed by atoms with Gasteiger partial charge in [-0.15, -0.1) is 5.10 Å². The monoisotopic (exact) mass is 391 g/mol. The summed E-state index contributed by atoms with van der Waals surface area (Å²) in [5, 5.41) is 26.3. The summed E-state index contributed by atoms with van der Waals surface area (Å²) in [6.07, 6.45) is 0. The van der Waals surface area contributed by atoms with E-state index in [1.807, 2.05) is 42.5 Å². The number of phenolic OH excluding ortho intramolecular Hbond substituents is 1. The SMILES string of the molecule is C[C@H](Sc1nnnn1-c1ccc(O)cc1)C(=O)Nc1cccc2ccccc12. The molecule has 0 unspecified atom stereocenters. The lowest BCUT2D eigenvalue weighted by Gasteiger charge is -2.13. The second kappa shape index (κ2) is 7.69. The number of hydrogen-bond donors (Lipinski definition) is 2. The van der Waals surface area contributed by atoms with Crippen LogP contribution in [-0.2, 0) is 4.79 Å². The number of rotatable bonds is 5. The van der Waals surface area contributed by atoms with Crippen molar-refractivity contribution in [3.63, 3.8) is 0 Å². The Morgan fingerprint density at radius 2 is 1.82 bits per heavy atom. The molecule has 0 saturated carbocycles. The van der Waals surface area contributed by atoms with Gasteiger partial charge in [0.25, 0.3) is 0 Å². The van der Waals surface area contributed by atoms with E-state index < -0.39 is 5.25 Å². The molecule has 0 fully saturated rings. The predicted molar refractivity (Wildman–Crippen MR) is 109 cm³/mol. The van der Waals surface area contributed by atoms with E-state index in [2.05, 4.69) is 20.8 Å². The summed E-state index contributed by atoms with van der Waals surface area (Å²) in [4.78, 5) is 12.7. The zero-order chi connectivity index (χ0) is 19.5. The van der Waals surface area contributed by atoms with Gasteiger partial charge < -0.3 is 10.4 Å². The third-order valence-corrected chi connectivity index (χ3v) is 5.27. The molecule has 0 aliphatic rings. The molecule has 2 N–H and O–H groups in total. The van der Waals surface area contributed by atoms with E-state index in [0.717, 1.165) is 16.5 Å². The molecular weight excluding hydrogens is 374 g/mol. The first-order valence-corrected chi connectivity index (χ1v) is 9.53. The fourth-order valence-electron chi connectivity index (χ4n) is 2.79. The fourth-order valence-corrected chi connectivity index (χ4v) is 3.60. The number of amides is 1. The molecule has 3 aromatic carbocycles. The van der Waals surface area contributed by atoms with Crippen molar-refractivity contribution >= 4 is 34.1 Å². The first-order valence-electron chi connectivity index (χ1n) is 8.65. The summed E-state index contributed by atoms with van der Waals surface area (Å²) in [6, 6.07) is 20.2. The summed E-state index contributed by atoms with van der Waals surface area (Å²) >= 11 is 1.26. The highest BCUT2D eigenvalue weighted by Gasteiger charge is 2.20. The Kier molecular flexibility index (Phi) is 4.94. The second-order valence-corrected chi connectivity index (χ2v) is 7.47. The summed E-state index contributed by atoms with van der Waals surface area (Å²) in [6.45, 7) is 1.81. The van der Waals surface area contributed by atoms with E-state index in [0.29, 0.717) is 10.8 Å². The maximum atomic E-state index is 12.7. The molecule has 0 aliphatic heterocycles. The standard InChI is InChI=1S/C20H17N5O2S/c1-13(19(27)21-18-8-4-6-14-5-2-3-7-17(14)18)28-20-22-23-24-25(20)15-9-11-16(26)12-10-15/h2-13,26H,1H3,(H,21,27)/t13-/m0/s1. The van der Waals surface area contributed by atoms with E-state index in [-0.39, 0.29) is 11.7 Å². The third-order valence-electron chi connectivity index (χ3n) is 4.23. The van der Waals surface area contributed by atoms with Gasteiger partial charge in [-0.25, -0.2) is 0 Å². The Bertz CT molecular complexity index is 1120. The first kappa shape index (κ1) is 18.0. The van der Waals surface area contributed by atoms with Crippen molar-refractivity contribution in [2.45, 2.75) is 17.3 Å². The lowest BCUT2D eigenvalue weighted by molar-refractivity contribution is -0.115. The van der Waals surface area contributed by atoms with Gasteiger partial charge in [0.15, 0.2) is 0 Å². The highest BCUT2D eigenvalue weighted by molar-refractivity contribution is 8.00. The molecule has 0 spiro atoms. The number of nitrogens with one attached hydrogen (secondary N) is 1. The minimum Gasteiger partial charge on any atom is -0.508 e. The average molecular weight is 391 g/mol. The van der Waals surface area contributed by atoms with Gasteiger partial charge in [-0.05, 0) is 53.1 Å². The second-order valence-electron chi connectivity index (χ2n) is 6.17. The van der Waals surface area contributed by atoms with E-state index >= 15 is 0 Å². The Morgan fingerprint density at radius 1 is 1.07 bits per heavy atom. The maximum absolute atomic E-state index is 12.7. The summed E-state index contributed by atoms with van der Waals surface area (Å²) in [5.74, 6) is 0.0236. The molecule has 7 nitrogen and oxygen atoms in total. The van der Waals surface area contributed by atoms with Crippen molar-refractivity contribution in [3.8, 4) is 11.4 Å². The van der Waals surface area contributed by atoms with Gasteiger partial charge >= 0.3 is 0 Å². The number of tetrazole rings is 1. The number of aromatic nitrogens is 4. The Hall–Kier alpha value is -3.39. The van der Waals surface area contributed by atoms with Crippen molar-refractivity contribution in [1.29, 1.82) is 0 Å². The number of nitrogens with zero attached hydrogens (tertiary/aromatic N) is 4. The summed E-state index contributed by atoms with van der Waals surface area (Å²) in [5.41, 5.74) is 1.47. The lowest BCUT2D eigenvalue weighted by Crippen LogP contribution is -2.23. The Morgan fingerprint density at radius 3 is 2.64 bits per heavy atom. The van der Waals surface area contributed by atoms with Crippen molar-refractivity contribution < 1.29 is 9.90 Å². The number of hydrogen-bond acceptors (Lipinski definition) is 6. The largest absolute Gasteiger partial charge is 0.508 e. The molecule has 4 rings (SSSR count). The minimum atomic E-state index is -0.416. The zero-order valence-electron chi connectivity index (χ0n) is 15.0. The Labute approximate surface area is 165 Å². The molecule has 0 saturated heterocycles. The molecule has 140 valence electrons. The highest BCUT2D eigenvalue weighted by atomic mass is 32.2. The number of anilines is 1. The van der Waals surface area contributed by atoms with E-state index in [1.54, 1.807) is 31.2 Å². The molecular formula is C20H17N5O2S. The normalized spacial score (nSPS) is 12.0. The molecule has 0 radical (unpaired) electrons. The minimum absolute atomic E-state index is 0.137. The van der Waals surface area contributed by atoms with Crippen LogP contribution < -0.4 is 5.32 Å². The van der Waals surface area contributed by atoms with Crippen LogP contribution >= 0.6 is 11.8 Å². The molecule has 0 bridgehead atoms. The Balaban J connectivity index is 1.51. The van der Waals surface area contributed by atoms with Gasteiger partial charge in [-0.3, -0.25) is 4.79 Å². The number of carbonyl (C=O) groups excluding carboxylic acids is 1. The van der Waals surface area contributed by atoms with Crippen LogP contribution in [0.3, 0.4) is 0 Å². The summed E-state index contributed by atoms with van der Waals surface area (Å²) in [7, 11) is 0. The molecule has 1 aromatic heterocycles. The van der Waals surface area contributed by atoms with Gasteiger partial charge in [0.1, 0.15) is 5.75 Å². The molecule has 0 aliphatic carbocycles. The van der Waals surface area contributed by atoms with Crippen molar-refractivity contribution in [1.82, 2.24) is 20.2 Å². The number of carbonyl (C=O) groups is 1. The number of thioether (sulfide) groups is 1. The average Bonchev–Trinajstić information content (AvgIpc) is 3.17. The molecule has 28 heavy (non-hydrogen) atoms. The lowest BCUT2D eigenvalue weighted by atomic mass is 10.1. The van der Waals surface area contributed by atoms with E-state index in [4.69, 9.17) is 0 Å². The van der Waals surface area contributed by atoms with Crippen LogP contribution in [0.5, 0.6) is 5.75 Å². The predicted octanol–water partition coefficient (Wildman–Crippen LogP) is 3.64. The summed E-state index contributed by atoms with van der Waals surface area (Å²) < 4.78 is 1.53. The van der Waals surface area contributed by atoms with Crippen molar-refractivity contribution in [2.75, 3.05) is 5.32 Å². The zero-order valence-corrected chi connectivity index (χ0v) is 15.8. The number of benzene rings is 3. The van der Waals surface area contributed by atoms with Gasteiger partial charge in [-0.2, -0.15) is 4.68 Å². The molecule has 8 heteroatoms. The van der Waals surface area contributed by atoms with Gasteiger partial charge in [0, 0.05) is 11.1 Å².